The summed E-state index contributed by atoms with van der Waals surface area (Å²) >= 11 is 3.46. The van der Waals surface area contributed by atoms with Crippen LogP contribution in [0.3, 0.4) is 0 Å². The lowest BCUT2D eigenvalue weighted by atomic mass is 10.2. The second kappa shape index (κ2) is 6.05. The van der Waals surface area contributed by atoms with Gasteiger partial charge in [-0.2, -0.15) is 5.10 Å². The highest BCUT2D eigenvalue weighted by Crippen LogP contribution is 2.21. The van der Waals surface area contributed by atoms with Crippen LogP contribution >= 0.6 is 15.9 Å². The molecule has 1 heterocycles. The number of nitrogens with zero attached hydrogens (tertiary/aromatic N) is 2. The second-order valence-corrected chi connectivity index (χ2v) is 5.06. The van der Waals surface area contributed by atoms with Crippen molar-refractivity contribution in [2.24, 2.45) is 5.10 Å². The lowest BCUT2D eigenvalue weighted by Crippen LogP contribution is -2.24. The highest BCUT2D eigenvalue weighted by Gasteiger charge is 2.07. The van der Waals surface area contributed by atoms with E-state index in [0.717, 1.165) is 28.9 Å². The largest absolute Gasteiger partial charge is 0.496 e. The van der Waals surface area contributed by atoms with Gasteiger partial charge in [0, 0.05) is 23.1 Å². The zero-order chi connectivity index (χ0) is 12.1. The Labute approximate surface area is 111 Å². The van der Waals surface area contributed by atoms with Crippen LogP contribution in [0.2, 0.25) is 0 Å². The first-order valence-corrected chi connectivity index (χ1v) is 6.71. The first kappa shape index (κ1) is 12.4. The minimum absolute atomic E-state index is 0.856. The standard InChI is InChI=1S/C13H17BrN2O/c1-17-13-6-5-12(14)9-11(13)10-15-16-7-3-2-4-8-16/h5-6,9-10H,2-4,7-8H2,1H3/b15-10-. The summed E-state index contributed by atoms with van der Waals surface area (Å²) in [5.74, 6) is 0.856. The molecule has 3 nitrogen and oxygen atoms in total. The van der Waals surface area contributed by atoms with Crippen molar-refractivity contribution >= 4 is 22.1 Å². The van der Waals surface area contributed by atoms with Gasteiger partial charge >= 0.3 is 0 Å². The summed E-state index contributed by atoms with van der Waals surface area (Å²) in [4.78, 5) is 0. The third kappa shape index (κ3) is 3.46. The number of hydrogen-bond donors (Lipinski definition) is 0. The van der Waals surface area contributed by atoms with E-state index in [2.05, 4.69) is 26.0 Å². The quantitative estimate of drug-likeness (QED) is 0.800. The van der Waals surface area contributed by atoms with Gasteiger partial charge in [-0.05, 0) is 37.5 Å². The van der Waals surface area contributed by atoms with Gasteiger partial charge in [0.1, 0.15) is 5.75 Å². The highest BCUT2D eigenvalue weighted by atomic mass is 79.9. The van der Waals surface area contributed by atoms with Crippen LogP contribution in [0.1, 0.15) is 24.8 Å². The van der Waals surface area contributed by atoms with Crippen LogP contribution in [0.4, 0.5) is 0 Å². The molecule has 92 valence electrons. The number of halogens is 1. The Morgan fingerprint density at radius 2 is 2.06 bits per heavy atom. The Morgan fingerprint density at radius 3 is 2.76 bits per heavy atom. The molecule has 1 aliphatic heterocycles. The van der Waals surface area contributed by atoms with Gasteiger partial charge in [0.25, 0.3) is 0 Å². The van der Waals surface area contributed by atoms with E-state index in [-0.39, 0.29) is 0 Å². The average molecular weight is 297 g/mol. The van der Waals surface area contributed by atoms with E-state index in [1.807, 2.05) is 24.4 Å². The van der Waals surface area contributed by atoms with Gasteiger partial charge in [0.2, 0.25) is 0 Å². The third-order valence-electron chi connectivity index (χ3n) is 2.88. The van der Waals surface area contributed by atoms with Crippen LogP contribution in [0.15, 0.2) is 27.8 Å². The van der Waals surface area contributed by atoms with E-state index in [1.165, 1.54) is 19.3 Å². The molecular weight excluding hydrogens is 280 g/mol. The molecule has 0 amide bonds. The van der Waals surface area contributed by atoms with Crippen LogP contribution in [-0.2, 0) is 0 Å². The summed E-state index contributed by atoms with van der Waals surface area (Å²) in [6.07, 6.45) is 5.70. The highest BCUT2D eigenvalue weighted by molar-refractivity contribution is 9.10. The fraction of sp³-hybridized carbons (Fsp3) is 0.462. The van der Waals surface area contributed by atoms with Gasteiger partial charge in [-0.15, -0.1) is 0 Å². The topological polar surface area (TPSA) is 24.8 Å². The molecule has 0 N–H and O–H groups in total. The van der Waals surface area contributed by atoms with Crippen LogP contribution in [0.5, 0.6) is 5.75 Å². The molecule has 0 unspecified atom stereocenters. The molecule has 0 saturated carbocycles. The third-order valence-corrected chi connectivity index (χ3v) is 3.38. The SMILES string of the molecule is COc1ccc(Br)cc1/C=N\N1CCCCC1. The Bertz CT molecular complexity index is 400. The maximum Gasteiger partial charge on any atom is 0.127 e. The van der Waals surface area contributed by atoms with E-state index in [4.69, 9.17) is 4.74 Å². The maximum atomic E-state index is 5.31. The predicted octanol–water partition coefficient (Wildman–Crippen LogP) is 3.28. The smallest absolute Gasteiger partial charge is 0.127 e. The lowest BCUT2D eigenvalue weighted by Gasteiger charge is -2.23. The van der Waals surface area contributed by atoms with Gasteiger partial charge in [-0.1, -0.05) is 15.9 Å². The Kier molecular flexibility index (Phi) is 4.42. The maximum absolute atomic E-state index is 5.31. The fourth-order valence-electron chi connectivity index (χ4n) is 1.94. The summed E-state index contributed by atoms with van der Waals surface area (Å²) in [6, 6.07) is 5.94. The summed E-state index contributed by atoms with van der Waals surface area (Å²) in [5.41, 5.74) is 1.01. The molecule has 0 bridgehead atoms. The number of methoxy groups -OCH3 is 1. The number of hydrogen-bond acceptors (Lipinski definition) is 3. The number of benzene rings is 1. The Hall–Kier alpha value is -1.03. The molecule has 0 aliphatic carbocycles. The average Bonchev–Trinajstić information content (AvgIpc) is 2.38. The predicted molar refractivity (Wildman–Crippen MR) is 73.7 cm³/mol. The Balaban J connectivity index is 2.10. The fourth-order valence-corrected chi connectivity index (χ4v) is 2.32. The van der Waals surface area contributed by atoms with Crippen molar-refractivity contribution in [2.75, 3.05) is 20.2 Å². The molecular formula is C13H17BrN2O. The summed E-state index contributed by atoms with van der Waals surface area (Å²) in [7, 11) is 1.68. The normalized spacial score (nSPS) is 16.5. The van der Waals surface area contributed by atoms with Gasteiger partial charge in [-0.3, -0.25) is 5.01 Å². The monoisotopic (exact) mass is 296 g/mol. The molecule has 1 aliphatic rings. The second-order valence-electron chi connectivity index (χ2n) is 4.15. The van der Waals surface area contributed by atoms with Crippen LogP contribution in [0, 0.1) is 0 Å². The van der Waals surface area contributed by atoms with Crippen molar-refractivity contribution < 1.29 is 4.74 Å². The van der Waals surface area contributed by atoms with Crippen molar-refractivity contribution in [2.45, 2.75) is 19.3 Å². The molecule has 1 saturated heterocycles. The summed E-state index contributed by atoms with van der Waals surface area (Å²) < 4.78 is 6.35. The number of ether oxygens (including phenoxy) is 1. The number of piperidine rings is 1. The minimum Gasteiger partial charge on any atom is -0.496 e. The summed E-state index contributed by atoms with van der Waals surface area (Å²) in [5, 5.41) is 6.64. The first-order chi connectivity index (χ1) is 8.29. The first-order valence-electron chi connectivity index (χ1n) is 5.92. The zero-order valence-electron chi connectivity index (χ0n) is 10.0. The molecule has 4 heteroatoms. The number of hydrazone groups is 1. The molecule has 0 spiro atoms. The van der Waals surface area contributed by atoms with Gasteiger partial charge in [0.15, 0.2) is 0 Å². The van der Waals surface area contributed by atoms with E-state index < -0.39 is 0 Å². The lowest BCUT2D eigenvalue weighted by molar-refractivity contribution is 0.240. The molecule has 2 rings (SSSR count). The minimum atomic E-state index is 0.856. The molecule has 1 fully saturated rings. The Morgan fingerprint density at radius 1 is 1.29 bits per heavy atom. The van der Waals surface area contributed by atoms with Crippen molar-refractivity contribution in [1.29, 1.82) is 0 Å². The van der Waals surface area contributed by atoms with E-state index in [9.17, 15) is 0 Å². The molecule has 17 heavy (non-hydrogen) atoms. The van der Waals surface area contributed by atoms with Crippen LogP contribution in [0.25, 0.3) is 0 Å². The van der Waals surface area contributed by atoms with Crippen LogP contribution < -0.4 is 4.74 Å². The van der Waals surface area contributed by atoms with Crippen LogP contribution in [-0.4, -0.2) is 31.4 Å². The van der Waals surface area contributed by atoms with Crippen molar-refractivity contribution in [1.82, 2.24) is 5.01 Å². The van der Waals surface area contributed by atoms with E-state index in [0.29, 0.717) is 0 Å². The summed E-state index contributed by atoms with van der Waals surface area (Å²) in [6.45, 7) is 2.12. The van der Waals surface area contributed by atoms with Crippen molar-refractivity contribution in [3.8, 4) is 5.75 Å². The number of rotatable bonds is 3. The van der Waals surface area contributed by atoms with E-state index in [1.54, 1.807) is 7.11 Å². The van der Waals surface area contributed by atoms with Gasteiger partial charge in [-0.25, -0.2) is 0 Å². The molecule has 0 radical (unpaired) electrons. The van der Waals surface area contributed by atoms with Crippen molar-refractivity contribution in [3.63, 3.8) is 0 Å². The molecule has 0 atom stereocenters. The molecule has 1 aromatic carbocycles. The van der Waals surface area contributed by atoms with Gasteiger partial charge in [0.05, 0.1) is 13.3 Å². The zero-order valence-corrected chi connectivity index (χ0v) is 11.6. The van der Waals surface area contributed by atoms with E-state index >= 15 is 0 Å². The van der Waals surface area contributed by atoms with Crippen molar-refractivity contribution in [3.05, 3.63) is 28.2 Å². The molecule has 0 aromatic heterocycles. The van der Waals surface area contributed by atoms with Gasteiger partial charge < -0.3 is 4.74 Å². The molecule has 1 aromatic rings.